The average Bonchev–Trinajstić information content (AvgIpc) is 3.32. The van der Waals surface area contributed by atoms with Gasteiger partial charge in [0.2, 0.25) is 11.6 Å². The molecule has 0 saturated carbocycles. The van der Waals surface area contributed by atoms with E-state index in [-0.39, 0.29) is 23.9 Å². The van der Waals surface area contributed by atoms with E-state index in [0.717, 1.165) is 5.56 Å². The molecule has 12 nitrogen and oxygen atoms in total. The fourth-order valence-electron chi connectivity index (χ4n) is 2.35. The molecule has 12 heteroatoms. The molecule has 3 rings (SSSR count). The van der Waals surface area contributed by atoms with Gasteiger partial charge >= 0.3 is 0 Å². The molecule has 28 heavy (non-hydrogen) atoms. The van der Waals surface area contributed by atoms with Crippen molar-refractivity contribution in [3.05, 3.63) is 41.2 Å². The van der Waals surface area contributed by atoms with E-state index in [4.69, 9.17) is 15.2 Å². The second-order valence-electron chi connectivity index (χ2n) is 5.57. The number of carbonyl (C=O) groups is 1. The number of amides is 1. The number of nitrogens with zero attached hydrogens (tertiary/aromatic N) is 6. The highest BCUT2D eigenvalue weighted by molar-refractivity contribution is 6.00. The number of nitrogens with one attached hydrogen (secondary N) is 1. The van der Waals surface area contributed by atoms with Crippen LogP contribution >= 0.6 is 0 Å². The number of hydrogen-bond acceptors (Lipinski definition) is 10. The van der Waals surface area contributed by atoms with Crippen molar-refractivity contribution in [1.29, 1.82) is 0 Å². The molecule has 3 aromatic rings. The Kier molecular flexibility index (Phi) is 5.60. The van der Waals surface area contributed by atoms with Crippen molar-refractivity contribution in [2.45, 2.75) is 13.5 Å². The molecule has 0 aliphatic carbocycles. The van der Waals surface area contributed by atoms with Gasteiger partial charge in [-0.3, -0.25) is 4.79 Å². The fourth-order valence-corrected chi connectivity index (χ4v) is 2.35. The highest BCUT2D eigenvalue weighted by Gasteiger charge is 2.23. The van der Waals surface area contributed by atoms with Crippen LogP contribution in [-0.4, -0.2) is 51.1 Å². The van der Waals surface area contributed by atoms with Crippen molar-refractivity contribution in [1.82, 2.24) is 30.7 Å². The third-order valence-corrected chi connectivity index (χ3v) is 3.77. The molecule has 0 spiro atoms. The molecule has 0 atom stereocenters. The molecule has 0 aliphatic heterocycles. The summed E-state index contributed by atoms with van der Waals surface area (Å²) in [5, 5.41) is 19.0. The van der Waals surface area contributed by atoms with Gasteiger partial charge in [-0.2, -0.15) is 9.78 Å². The zero-order chi connectivity index (χ0) is 20.1. The number of ether oxygens (including phenoxy) is 2. The number of rotatable bonds is 7. The molecule has 0 aliphatic rings. The molecule has 2 heterocycles. The Bertz CT molecular complexity index is 1010. The second kappa shape index (κ2) is 8.26. The number of methoxy groups -OCH3 is 2. The molecule has 0 fully saturated rings. The largest absolute Gasteiger partial charge is 0.497 e. The number of nitrogen functional groups attached to an aromatic ring is 1. The van der Waals surface area contributed by atoms with Crippen molar-refractivity contribution < 1.29 is 18.9 Å². The van der Waals surface area contributed by atoms with Crippen molar-refractivity contribution in [2.24, 2.45) is 5.10 Å². The molecule has 1 aromatic carbocycles. The number of benzene rings is 1. The van der Waals surface area contributed by atoms with Crippen LogP contribution in [0.4, 0.5) is 5.82 Å². The fraction of sp³-hybridized carbons (Fsp3) is 0.250. The molecule has 0 bridgehead atoms. The standard InChI is InChI=1S/C16H18N8O4/c1-9(10-5-4-6-11(7-10)27-3)18-20-16(25)13-12(8-26-2)24(23-19-13)15-14(17)21-28-22-15/h4-7H,8H2,1-3H3,(H2,17,21)(H,20,25)/b18-9+. The molecular formula is C16H18N8O4. The van der Waals surface area contributed by atoms with Crippen molar-refractivity contribution >= 4 is 17.4 Å². The molecule has 0 unspecified atom stereocenters. The van der Waals surface area contributed by atoms with E-state index >= 15 is 0 Å². The lowest BCUT2D eigenvalue weighted by atomic mass is 10.1. The van der Waals surface area contributed by atoms with Gasteiger partial charge in [0.05, 0.1) is 19.4 Å². The summed E-state index contributed by atoms with van der Waals surface area (Å²) in [6, 6.07) is 7.29. The summed E-state index contributed by atoms with van der Waals surface area (Å²) in [6.07, 6.45) is 0. The minimum absolute atomic E-state index is 0.00102. The normalized spacial score (nSPS) is 11.5. The van der Waals surface area contributed by atoms with Gasteiger partial charge in [-0.1, -0.05) is 17.3 Å². The molecule has 2 aromatic heterocycles. The highest BCUT2D eigenvalue weighted by atomic mass is 16.6. The monoisotopic (exact) mass is 386 g/mol. The molecule has 146 valence electrons. The summed E-state index contributed by atoms with van der Waals surface area (Å²) in [7, 11) is 3.04. The Morgan fingerprint density at radius 2 is 2.18 bits per heavy atom. The number of nitrogens with two attached hydrogens (primary N) is 1. The summed E-state index contributed by atoms with van der Waals surface area (Å²) in [5.74, 6) is 0.217. The summed E-state index contributed by atoms with van der Waals surface area (Å²) < 4.78 is 16.1. The Labute approximate surface area is 159 Å². The maximum Gasteiger partial charge on any atom is 0.293 e. The van der Waals surface area contributed by atoms with Crippen LogP contribution in [0.25, 0.3) is 5.82 Å². The SMILES string of the molecule is COCc1c(C(=O)N/N=C(\C)c2cccc(OC)c2)nnn1-c1nonc1N. The third kappa shape index (κ3) is 3.81. The lowest BCUT2D eigenvalue weighted by Crippen LogP contribution is -2.22. The van der Waals surface area contributed by atoms with Crippen molar-refractivity contribution in [3.8, 4) is 11.6 Å². The zero-order valence-corrected chi connectivity index (χ0v) is 15.4. The van der Waals surface area contributed by atoms with Gasteiger partial charge < -0.3 is 15.2 Å². The Morgan fingerprint density at radius 3 is 2.86 bits per heavy atom. The molecule has 0 saturated heterocycles. The van der Waals surface area contributed by atoms with Gasteiger partial charge in [0, 0.05) is 12.7 Å². The first-order valence-corrected chi connectivity index (χ1v) is 8.06. The predicted molar refractivity (Wildman–Crippen MR) is 97.0 cm³/mol. The van der Waals surface area contributed by atoms with Crippen LogP contribution in [0, 0.1) is 0 Å². The maximum absolute atomic E-state index is 12.6. The van der Waals surface area contributed by atoms with E-state index in [1.165, 1.54) is 11.8 Å². The van der Waals surface area contributed by atoms with E-state index in [1.54, 1.807) is 20.1 Å². The quantitative estimate of drug-likeness (QED) is 0.437. The lowest BCUT2D eigenvalue weighted by molar-refractivity contribution is 0.0944. The van der Waals surface area contributed by atoms with Gasteiger partial charge in [0.1, 0.15) is 11.4 Å². The van der Waals surface area contributed by atoms with E-state index in [0.29, 0.717) is 17.2 Å². The topological polar surface area (TPSA) is 156 Å². The molecule has 3 N–H and O–H groups in total. The predicted octanol–water partition coefficient (Wildman–Crippen LogP) is 0.541. The first kappa shape index (κ1) is 19.0. The van der Waals surface area contributed by atoms with Gasteiger partial charge in [-0.05, 0) is 29.4 Å². The average molecular weight is 386 g/mol. The number of hydrazone groups is 1. The minimum Gasteiger partial charge on any atom is -0.497 e. The van der Waals surface area contributed by atoms with Crippen LogP contribution in [0.5, 0.6) is 5.75 Å². The maximum atomic E-state index is 12.6. The number of carbonyl (C=O) groups excluding carboxylic acids is 1. The molecule has 1 amide bonds. The van der Waals surface area contributed by atoms with E-state index in [2.05, 4.69) is 35.8 Å². The van der Waals surface area contributed by atoms with Gasteiger partial charge in [0.25, 0.3) is 5.91 Å². The van der Waals surface area contributed by atoms with Gasteiger partial charge in [0.15, 0.2) is 5.69 Å². The molecular weight excluding hydrogens is 368 g/mol. The summed E-state index contributed by atoms with van der Waals surface area (Å²) in [6.45, 7) is 1.78. The summed E-state index contributed by atoms with van der Waals surface area (Å²) >= 11 is 0. The second-order valence-corrected chi connectivity index (χ2v) is 5.57. The smallest absolute Gasteiger partial charge is 0.293 e. The number of hydrogen-bond donors (Lipinski definition) is 2. The summed E-state index contributed by atoms with van der Waals surface area (Å²) in [5.41, 5.74) is 9.83. The van der Waals surface area contributed by atoms with Crippen LogP contribution in [0.15, 0.2) is 34.0 Å². The van der Waals surface area contributed by atoms with Gasteiger partial charge in [-0.25, -0.2) is 10.1 Å². The molecule has 0 radical (unpaired) electrons. The van der Waals surface area contributed by atoms with Crippen LogP contribution < -0.4 is 15.9 Å². The Morgan fingerprint density at radius 1 is 1.36 bits per heavy atom. The minimum atomic E-state index is -0.574. The highest BCUT2D eigenvalue weighted by Crippen LogP contribution is 2.17. The number of aromatic nitrogens is 5. The zero-order valence-electron chi connectivity index (χ0n) is 15.4. The van der Waals surface area contributed by atoms with E-state index in [9.17, 15) is 4.79 Å². The first-order chi connectivity index (χ1) is 13.5. The Balaban J connectivity index is 1.84. The van der Waals surface area contributed by atoms with Gasteiger partial charge in [-0.15, -0.1) is 5.10 Å². The van der Waals surface area contributed by atoms with Crippen LogP contribution in [-0.2, 0) is 11.3 Å². The Hall–Kier alpha value is -3.80. The van der Waals surface area contributed by atoms with Crippen LogP contribution in [0.3, 0.4) is 0 Å². The van der Waals surface area contributed by atoms with Crippen LogP contribution in [0.2, 0.25) is 0 Å². The van der Waals surface area contributed by atoms with E-state index in [1.807, 2.05) is 18.2 Å². The number of anilines is 1. The van der Waals surface area contributed by atoms with Crippen molar-refractivity contribution in [2.75, 3.05) is 20.0 Å². The first-order valence-electron chi connectivity index (χ1n) is 8.06. The lowest BCUT2D eigenvalue weighted by Gasteiger charge is -2.06. The third-order valence-electron chi connectivity index (χ3n) is 3.77. The van der Waals surface area contributed by atoms with E-state index < -0.39 is 5.91 Å². The van der Waals surface area contributed by atoms with Crippen molar-refractivity contribution in [3.63, 3.8) is 0 Å². The van der Waals surface area contributed by atoms with Crippen LogP contribution in [0.1, 0.15) is 28.7 Å². The summed E-state index contributed by atoms with van der Waals surface area (Å²) in [4.78, 5) is 12.6.